The van der Waals surface area contributed by atoms with Crippen molar-refractivity contribution in [2.75, 3.05) is 38.1 Å². The minimum absolute atomic E-state index is 0.315. The van der Waals surface area contributed by atoms with E-state index in [1.807, 2.05) is 6.20 Å². The summed E-state index contributed by atoms with van der Waals surface area (Å²) in [6, 6.07) is 4.33. The van der Waals surface area contributed by atoms with Crippen LogP contribution in [-0.4, -0.2) is 60.1 Å². The number of nitrogens with zero attached hydrogens (tertiary/aromatic N) is 4. The van der Waals surface area contributed by atoms with Gasteiger partial charge in [0.2, 0.25) is 0 Å². The van der Waals surface area contributed by atoms with E-state index in [1.54, 1.807) is 4.90 Å². The van der Waals surface area contributed by atoms with Crippen molar-refractivity contribution in [1.29, 1.82) is 0 Å². The third-order valence-electron chi connectivity index (χ3n) is 4.25. The fraction of sp³-hybridized carbons (Fsp3) is 0.625. The average molecular weight is 305 g/mol. The van der Waals surface area contributed by atoms with Crippen LogP contribution in [0.15, 0.2) is 18.3 Å². The van der Waals surface area contributed by atoms with Crippen LogP contribution < -0.4 is 10.6 Å². The maximum Gasteiger partial charge on any atom is 0.314 e. The van der Waals surface area contributed by atoms with Crippen molar-refractivity contribution >= 4 is 11.8 Å². The highest BCUT2D eigenvalue weighted by Crippen LogP contribution is 2.14. The summed E-state index contributed by atoms with van der Waals surface area (Å²) in [5, 5.41) is 0. The van der Waals surface area contributed by atoms with Crippen molar-refractivity contribution < 1.29 is 4.79 Å². The number of hydrogen-bond donors (Lipinski definition) is 1. The van der Waals surface area contributed by atoms with Crippen LogP contribution >= 0.6 is 0 Å². The standard InChI is InChI=1S/C16H27N5O/c1-13(2)19(3)15-6-5-14(11-18-15)12-20-7-4-8-21(10-9-20)16(17)22/h5-6,11,13H,4,7-10,12H2,1-3H3,(H2,17,22). The molecule has 2 heterocycles. The number of hydrogen-bond acceptors (Lipinski definition) is 4. The summed E-state index contributed by atoms with van der Waals surface area (Å²) in [5.41, 5.74) is 6.56. The second-order valence-electron chi connectivity index (χ2n) is 6.18. The normalized spacial score (nSPS) is 16.6. The maximum atomic E-state index is 11.2. The molecule has 22 heavy (non-hydrogen) atoms. The monoisotopic (exact) mass is 305 g/mol. The van der Waals surface area contributed by atoms with Gasteiger partial charge in [-0.1, -0.05) is 6.07 Å². The van der Waals surface area contributed by atoms with Crippen LogP contribution in [-0.2, 0) is 6.54 Å². The average Bonchev–Trinajstić information content (AvgIpc) is 2.73. The number of rotatable bonds is 4. The van der Waals surface area contributed by atoms with Crippen LogP contribution in [0.4, 0.5) is 10.6 Å². The van der Waals surface area contributed by atoms with Crippen LogP contribution in [0.1, 0.15) is 25.8 Å². The highest BCUT2D eigenvalue weighted by Gasteiger charge is 2.17. The predicted octanol–water partition coefficient (Wildman–Crippen LogP) is 1.51. The fourth-order valence-electron chi connectivity index (χ4n) is 2.59. The van der Waals surface area contributed by atoms with Crippen LogP contribution in [0.3, 0.4) is 0 Å². The van der Waals surface area contributed by atoms with Crippen molar-refractivity contribution in [2.24, 2.45) is 5.73 Å². The summed E-state index contributed by atoms with van der Waals surface area (Å²) >= 11 is 0. The van der Waals surface area contributed by atoms with Gasteiger partial charge in [0.1, 0.15) is 5.82 Å². The van der Waals surface area contributed by atoms with Gasteiger partial charge in [0, 0.05) is 52.0 Å². The van der Waals surface area contributed by atoms with E-state index in [2.05, 4.69) is 47.8 Å². The largest absolute Gasteiger partial charge is 0.357 e. The van der Waals surface area contributed by atoms with Gasteiger partial charge in [0.15, 0.2) is 0 Å². The van der Waals surface area contributed by atoms with Crippen molar-refractivity contribution in [2.45, 2.75) is 32.9 Å². The van der Waals surface area contributed by atoms with E-state index < -0.39 is 0 Å². The number of primary amides is 1. The van der Waals surface area contributed by atoms with Gasteiger partial charge in [-0.2, -0.15) is 0 Å². The first-order chi connectivity index (χ1) is 10.5. The molecule has 0 aliphatic carbocycles. The van der Waals surface area contributed by atoms with E-state index in [-0.39, 0.29) is 6.03 Å². The van der Waals surface area contributed by atoms with Crippen LogP contribution in [0.25, 0.3) is 0 Å². The summed E-state index contributed by atoms with van der Waals surface area (Å²) in [5.74, 6) is 0.995. The van der Waals surface area contributed by atoms with Gasteiger partial charge >= 0.3 is 6.03 Å². The number of amides is 2. The first-order valence-corrected chi connectivity index (χ1v) is 7.92. The molecule has 2 rings (SSSR count). The lowest BCUT2D eigenvalue weighted by Gasteiger charge is -2.23. The maximum absolute atomic E-state index is 11.2. The summed E-state index contributed by atoms with van der Waals surface area (Å²) in [6.07, 6.45) is 2.91. The Morgan fingerprint density at radius 1 is 1.32 bits per heavy atom. The smallest absolute Gasteiger partial charge is 0.314 e. The van der Waals surface area contributed by atoms with Gasteiger partial charge in [-0.25, -0.2) is 9.78 Å². The van der Waals surface area contributed by atoms with Gasteiger partial charge in [-0.3, -0.25) is 4.90 Å². The molecule has 6 nitrogen and oxygen atoms in total. The van der Waals surface area contributed by atoms with E-state index in [4.69, 9.17) is 5.73 Å². The van der Waals surface area contributed by atoms with E-state index in [1.165, 1.54) is 5.56 Å². The topological polar surface area (TPSA) is 65.7 Å². The Morgan fingerprint density at radius 3 is 2.68 bits per heavy atom. The van der Waals surface area contributed by atoms with Gasteiger partial charge in [0.05, 0.1) is 0 Å². The van der Waals surface area contributed by atoms with Crippen LogP contribution in [0.2, 0.25) is 0 Å². The Balaban J connectivity index is 1.92. The van der Waals surface area contributed by atoms with E-state index >= 15 is 0 Å². The second kappa shape index (κ2) is 7.45. The quantitative estimate of drug-likeness (QED) is 0.916. The van der Waals surface area contributed by atoms with Gasteiger partial charge in [-0.05, 0) is 31.9 Å². The number of aromatic nitrogens is 1. The van der Waals surface area contributed by atoms with Crippen molar-refractivity contribution in [3.8, 4) is 0 Å². The molecule has 0 radical (unpaired) electrons. The predicted molar refractivity (Wildman–Crippen MR) is 88.8 cm³/mol. The molecule has 0 atom stereocenters. The number of urea groups is 1. The van der Waals surface area contributed by atoms with Crippen molar-refractivity contribution in [3.63, 3.8) is 0 Å². The molecule has 2 amide bonds. The second-order valence-corrected chi connectivity index (χ2v) is 6.18. The van der Waals surface area contributed by atoms with Crippen LogP contribution in [0.5, 0.6) is 0 Å². The highest BCUT2D eigenvalue weighted by molar-refractivity contribution is 5.71. The van der Waals surface area contributed by atoms with E-state index in [0.29, 0.717) is 12.6 Å². The number of carbonyl (C=O) groups excluding carboxylic acids is 1. The minimum atomic E-state index is -0.315. The molecule has 6 heteroatoms. The lowest BCUT2D eigenvalue weighted by molar-refractivity contribution is 0.207. The number of carbonyl (C=O) groups is 1. The number of nitrogens with two attached hydrogens (primary N) is 1. The summed E-state index contributed by atoms with van der Waals surface area (Å²) < 4.78 is 0. The van der Waals surface area contributed by atoms with E-state index in [9.17, 15) is 4.79 Å². The fourth-order valence-corrected chi connectivity index (χ4v) is 2.59. The molecule has 2 N–H and O–H groups in total. The molecule has 0 unspecified atom stereocenters. The minimum Gasteiger partial charge on any atom is -0.357 e. The molecule has 122 valence electrons. The molecular formula is C16H27N5O. The van der Waals surface area contributed by atoms with Gasteiger partial charge < -0.3 is 15.5 Å². The zero-order valence-corrected chi connectivity index (χ0v) is 13.8. The van der Waals surface area contributed by atoms with Crippen LogP contribution in [0, 0.1) is 0 Å². The Morgan fingerprint density at radius 2 is 2.09 bits per heavy atom. The molecule has 1 fully saturated rings. The van der Waals surface area contributed by atoms with Crippen molar-refractivity contribution in [1.82, 2.24) is 14.8 Å². The molecule has 1 saturated heterocycles. The molecule has 1 aromatic heterocycles. The SMILES string of the molecule is CC(C)N(C)c1ccc(CN2CCCN(C(N)=O)CC2)cn1. The Labute approximate surface area is 132 Å². The third-order valence-corrected chi connectivity index (χ3v) is 4.25. The van der Waals surface area contributed by atoms with Gasteiger partial charge in [0.25, 0.3) is 0 Å². The van der Waals surface area contributed by atoms with Crippen molar-refractivity contribution in [3.05, 3.63) is 23.9 Å². The number of pyridine rings is 1. The molecule has 0 aromatic carbocycles. The van der Waals surface area contributed by atoms with Gasteiger partial charge in [-0.15, -0.1) is 0 Å². The van der Waals surface area contributed by atoms with E-state index in [0.717, 1.165) is 38.4 Å². The zero-order chi connectivity index (χ0) is 16.1. The Hall–Kier alpha value is -1.82. The number of anilines is 1. The lowest BCUT2D eigenvalue weighted by atomic mass is 10.2. The third kappa shape index (κ3) is 4.34. The first kappa shape index (κ1) is 16.5. The molecule has 0 saturated carbocycles. The Bertz CT molecular complexity index is 488. The highest BCUT2D eigenvalue weighted by atomic mass is 16.2. The molecule has 1 aliphatic heterocycles. The Kier molecular flexibility index (Phi) is 5.60. The summed E-state index contributed by atoms with van der Waals surface area (Å²) in [4.78, 5) is 22.0. The molecular weight excluding hydrogens is 278 g/mol. The first-order valence-electron chi connectivity index (χ1n) is 7.92. The molecule has 0 bridgehead atoms. The molecule has 1 aromatic rings. The zero-order valence-electron chi connectivity index (χ0n) is 13.8. The summed E-state index contributed by atoms with van der Waals surface area (Å²) in [6.45, 7) is 8.47. The molecule has 1 aliphatic rings. The summed E-state index contributed by atoms with van der Waals surface area (Å²) in [7, 11) is 2.06. The molecule has 0 spiro atoms. The lowest BCUT2D eigenvalue weighted by Crippen LogP contribution is -2.38.